The summed E-state index contributed by atoms with van der Waals surface area (Å²) < 4.78 is 0. The van der Waals surface area contributed by atoms with Crippen molar-refractivity contribution in [3.05, 3.63) is 29.8 Å². The molecule has 2 rings (SSSR count). The summed E-state index contributed by atoms with van der Waals surface area (Å²) in [5.41, 5.74) is 1.17. The lowest BCUT2D eigenvalue weighted by atomic mass is 10.2. The van der Waals surface area contributed by atoms with Gasteiger partial charge in [-0.15, -0.1) is 0 Å². The van der Waals surface area contributed by atoms with Crippen LogP contribution in [0.4, 0.5) is 10.5 Å². The smallest absolute Gasteiger partial charge is 0.319 e. The molecule has 0 bridgehead atoms. The van der Waals surface area contributed by atoms with Gasteiger partial charge in [0.15, 0.2) is 0 Å². The maximum atomic E-state index is 11.7. The van der Waals surface area contributed by atoms with Gasteiger partial charge in [0, 0.05) is 38.4 Å². The number of rotatable bonds is 5. The topological polar surface area (TPSA) is 80.2 Å². The number of piperazine rings is 1. The van der Waals surface area contributed by atoms with Crippen molar-refractivity contribution < 1.29 is 4.79 Å². The summed E-state index contributed by atoms with van der Waals surface area (Å²) in [5.74, 6) is 0. The lowest BCUT2D eigenvalue weighted by molar-refractivity contribution is 0.234. The van der Waals surface area contributed by atoms with Crippen LogP contribution in [-0.2, 0) is 0 Å². The van der Waals surface area contributed by atoms with Crippen LogP contribution < -0.4 is 16.0 Å². The van der Waals surface area contributed by atoms with Crippen molar-refractivity contribution in [2.24, 2.45) is 0 Å². The molecule has 0 unspecified atom stereocenters. The number of amides is 2. The van der Waals surface area contributed by atoms with Crippen molar-refractivity contribution >= 4 is 11.7 Å². The summed E-state index contributed by atoms with van der Waals surface area (Å²) in [7, 11) is 0. The van der Waals surface area contributed by atoms with E-state index >= 15 is 0 Å². The first-order valence-corrected chi connectivity index (χ1v) is 7.26. The average Bonchev–Trinajstić information content (AvgIpc) is 2.53. The first-order valence-electron chi connectivity index (χ1n) is 7.26. The second kappa shape index (κ2) is 8.25. The minimum atomic E-state index is -0.231. The highest BCUT2D eigenvalue weighted by Gasteiger charge is 2.08. The number of anilines is 1. The van der Waals surface area contributed by atoms with Crippen molar-refractivity contribution in [3.8, 4) is 6.07 Å². The number of nitrogens with zero attached hydrogens (tertiary/aromatic N) is 2. The lowest BCUT2D eigenvalue weighted by Crippen LogP contribution is -2.44. The third-order valence-electron chi connectivity index (χ3n) is 3.40. The van der Waals surface area contributed by atoms with E-state index in [2.05, 4.69) is 20.9 Å². The van der Waals surface area contributed by atoms with Crippen LogP contribution in [0.3, 0.4) is 0 Å². The predicted octanol–water partition coefficient (Wildman–Crippen LogP) is 0.975. The van der Waals surface area contributed by atoms with E-state index in [1.54, 1.807) is 24.3 Å². The van der Waals surface area contributed by atoms with Crippen LogP contribution in [-0.4, -0.2) is 50.2 Å². The van der Waals surface area contributed by atoms with E-state index < -0.39 is 0 Å². The van der Waals surface area contributed by atoms with Crippen molar-refractivity contribution in [1.82, 2.24) is 15.5 Å². The van der Waals surface area contributed by atoms with Gasteiger partial charge in [0.25, 0.3) is 0 Å². The fourth-order valence-corrected chi connectivity index (χ4v) is 2.28. The molecule has 6 nitrogen and oxygen atoms in total. The maximum Gasteiger partial charge on any atom is 0.319 e. The van der Waals surface area contributed by atoms with Gasteiger partial charge in [-0.2, -0.15) is 5.26 Å². The average molecular weight is 287 g/mol. The number of benzene rings is 1. The van der Waals surface area contributed by atoms with E-state index in [1.165, 1.54) is 0 Å². The third kappa shape index (κ3) is 5.42. The Morgan fingerprint density at radius 2 is 2.19 bits per heavy atom. The van der Waals surface area contributed by atoms with Crippen LogP contribution in [0.5, 0.6) is 0 Å². The van der Waals surface area contributed by atoms with Crippen LogP contribution in [0.1, 0.15) is 12.0 Å². The molecular formula is C15H21N5O. The molecule has 1 aromatic rings. The Bertz CT molecular complexity index is 505. The van der Waals surface area contributed by atoms with E-state index in [1.807, 2.05) is 6.07 Å². The first kappa shape index (κ1) is 15.3. The van der Waals surface area contributed by atoms with Gasteiger partial charge >= 0.3 is 6.03 Å². The molecule has 0 aromatic heterocycles. The molecule has 0 atom stereocenters. The molecule has 2 amide bonds. The van der Waals surface area contributed by atoms with E-state index in [0.717, 1.165) is 39.1 Å². The lowest BCUT2D eigenvalue weighted by Gasteiger charge is -2.27. The van der Waals surface area contributed by atoms with Crippen molar-refractivity contribution in [3.63, 3.8) is 0 Å². The highest BCUT2D eigenvalue weighted by atomic mass is 16.2. The zero-order chi connectivity index (χ0) is 14.9. The van der Waals surface area contributed by atoms with Crippen LogP contribution >= 0.6 is 0 Å². The number of hydrogen-bond donors (Lipinski definition) is 3. The maximum absolute atomic E-state index is 11.7. The van der Waals surface area contributed by atoms with Crippen LogP contribution in [0.25, 0.3) is 0 Å². The van der Waals surface area contributed by atoms with Gasteiger partial charge < -0.3 is 20.9 Å². The molecule has 112 valence electrons. The van der Waals surface area contributed by atoms with Crippen molar-refractivity contribution in [2.45, 2.75) is 6.42 Å². The molecule has 1 aliphatic rings. The largest absolute Gasteiger partial charge is 0.338 e. The fourth-order valence-electron chi connectivity index (χ4n) is 2.28. The minimum absolute atomic E-state index is 0.231. The molecule has 21 heavy (non-hydrogen) atoms. The van der Waals surface area contributed by atoms with Gasteiger partial charge in [-0.05, 0) is 31.2 Å². The van der Waals surface area contributed by atoms with E-state index in [0.29, 0.717) is 17.8 Å². The Kier molecular flexibility index (Phi) is 6.00. The summed E-state index contributed by atoms with van der Waals surface area (Å²) in [6.07, 6.45) is 0.936. The molecule has 1 aromatic carbocycles. The predicted molar refractivity (Wildman–Crippen MR) is 82.1 cm³/mol. The molecular weight excluding hydrogens is 266 g/mol. The standard InChI is InChI=1S/C15H21N5O/c16-12-13-3-1-4-14(11-13)19-15(21)18-5-2-8-20-9-6-17-7-10-20/h1,3-4,11,17H,2,5-10H2,(H2,18,19,21). The van der Waals surface area contributed by atoms with Crippen molar-refractivity contribution in [2.75, 3.05) is 44.6 Å². The Balaban J connectivity index is 1.64. The number of nitrogens with one attached hydrogen (secondary N) is 3. The van der Waals surface area contributed by atoms with Gasteiger partial charge in [0.05, 0.1) is 11.6 Å². The Labute approximate surface area is 125 Å². The Morgan fingerprint density at radius 3 is 2.95 bits per heavy atom. The molecule has 0 radical (unpaired) electrons. The highest BCUT2D eigenvalue weighted by Crippen LogP contribution is 2.09. The van der Waals surface area contributed by atoms with Gasteiger partial charge in [-0.25, -0.2) is 4.79 Å². The van der Waals surface area contributed by atoms with Crippen LogP contribution in [0.2, 0.25) is 0 Å². The summed E-state index contributed by atoms with van der Waals surface area (Å²) in [6.45, 7) is 5.90. The fraction of sp³-hybridized carbons (Fsp3) is 0.467. The number of nitriles is 1. The zero-order valence-corrected chi connectivity index (χ0v) is 12.1. The third-order valence-corrected chi connectivity index (χ3v) is 3.40. The Hall–Kier alpha value is -2.10. The summed E-state index contributed by atoms with van der Waals surface area (Å²) in [6, 6.07) is 8.69. The molecule has 6 heteroatoms. The summed E-state index contributed by atoms with van der Waals surface area (Å²) in [5, 5.41) is 17.7. The number of carbonyl (C=O) groups excluding carboxylic acids is 1. The Morgan fingerprint density at radius 1 is 1.38 bits per heavy atom. The van der Waals surface area contributed by atoms with Gasteiger partial charge in [0.1, 0.15) is 0 Å². The summed E-state index contributed by atoms with van der Waals surface area (Å²) in [4.78, 5) is 14.1. The summed E-state index contributed by atoms with van der Waals surface area (Å²) >= 11 is 0. The molecule has 1 fully saturated rings. The van der Waals surface area contributed by atoms with Gasteiger partial charge in [-0.1, -0.05) is 6.07 Å². The minimum Gasteiger partial charge on any atom is -0.338 e. The monoisotopic (exact) mass is 287 g/mol. The second-order valence-corrected chi connectivity index (χ2v) is 5.02. The van der Waals surface area contributed by atoms with Crippen LogP contribution in [0, 0.1) is 11.3 Å². The zero-order valence-electron chi connectivity index (χ0n) is 12.1. The van der Waals surface area contributed by atoms with Gasteiger partial charge in [0.2, 0.25) is 0 Å². The first-order chi connectivity index (χ1) is 10.3. The number of carbonyl (C=O) groups is 1. The normalized spacial score (nSPS) is 15.2. The molecule has 1 saturated heterocycles. The molecule has 0 spiro atoms. The molecule has 1 aliphatic heterocycles. The second-order valence-electron chi connectivity index (χ2n) is 5.02. The highest BCUT2D eigenvalue weighted by molar-refractivity contribution is 5.89. The van der Waals surface area contributed by atoms with Crippen LogP contribution in [0.15, 0.2) is 24.3 Å². The molecule has 3 N–H and O–H groups in total. The SMILES string of the molecule is N#Cc1cccc(NC(=O)NCCCN2CCNCC2)c1. The van der Waals surface area contributed by atoms with E-state index in [-0.39, 0.29) is 6.03 Å². The number of urea groups is 1. The molecule has 0 saturated carbocycles. The quantitative estimate of drug-likeness (QED) is 0.705. The van der Waals surface area contributed by atoms with E-state index in [9.17, 15) is 4.79 Å². The van der Waals surface area contributed by atoms with Crippen molar-refractivity contribution in [1.29, 1.82) is 5.26 Å². The van der Waals surface area contributed by atoms with E-state index in [4.69, 9.17) is 5.26 Å². The van der Waals surface area contributed by atoms with Gasteiger partial charge in [-0.3, -0.25) is 0 Å². The molecule has 1 heterocycles. The number of hydrogen-bond acceptors (Lipinski definition) is 4. The molecule has 0 aliphatic carbocycles.